The molecule has 3 aliphatic carbocycles. The van der Waals surface area contributed by atoms with Gasteiger partial charge in [0.1, 0.15) is 34.3 Å². The Hall–Kier alpha value is -6.75. The Morgan fingerprint density at radius 3 is 0.966 bits per heavy atom. The molecule has 6 N–H and O–H groups in total. The van der Waals surface area contributed by atoms with Crippen LogP contribution in [0.2, 0.25) is 15.1 Å². The van der Waals surface area contributed by atoms with Gasteiger partial charge in [0.25, 0.3) is 0 Å². The third kappa shape index (κ3) is 9.00. The molecule has 3 saturated carbocycles. The SMILES string of the molecule is N#Cc1ccc([C@@]23Oc4cc(Cl)cnc4[C@]2(O)[C@H](CO)C[C@H]3c2ccccc2)cc1.OC[C@@H]1C[C@@H](c2ccccc2)[C@]2(c3ccc(Br)cc3)Oc3cc(Cl)cnc3[C@]12O.OC[C@@H]1C[C@@H](c2ccccc2)[C@]2(c3ccc(Br)cc3)Oc3cc(Cl)cnc3[C@]12O. The van der Waals surface area contributed by atoms with E-state index in [2.05, 4.69) is 52.9 Å². The number of benzene rings is 6. The lowest BCUT2D eigenvalue weighted by molar-refractivity contribution is -0.136. The molecule has 0 amide bonds. The van der Waals surface area contributed by atoms with Gasteiger partial charge < -0.3 is 44.8 Å². The highest BCUT2D eigenvalue weighted by Gasteiger charge is 2.76. The molecule has 3 aromatic heterocycles. The smallest absolute Gasteiger partial charge is 0.175 e. The summed E-state index contributed by atoms with van der Waals surface area (Å²) in [7, 11) is 0. The van der Waals surface area contributed by atoms with Crippen molar-refractivity contribution in [2.24, 2.45) is 17.8 Å². The fraction of sp³-hybridized carbons (Fsp3) is 0.257. The summed E-state index contributed by atoms with van der Waals surface area (Å²) in [4.78, 5) is 13.4. The third-order valence-electron chi connectivity index (χ3n) is 19.1. The Balaban J connectivity index is 0.000000122. The van der Waals surface area contributed by atoms with Crippen molar-refractivity contribution < 1.29 is 44.8 Å². The van der Waals surface area contributed by atoms with Crippen molar-refractivity contribution in [3.8, 4) is 23.3 Å². The van der Waals surface area contributed by atoms with Gasteiger partial charge in [0.05, 0.1) is 26.7 Å². The molecular weight excluding hydrogens is 1310 g/mol. The maximum absolute atomic E-state index is 12.2. The zero-order valence-corrected chi connectivity index (χ0v) is 52.3. The Kier molecular flexibility index (Phi) is 15.9. The van der Waals surface area contributed by atoms with E-state index in [-0.39, 0.29) is 37.6 Å². The average molecular weight is 1360 g/mol. The zero-order chi connectivity index (χ0) is 61.4. The highest BCUT2D eigenvalue weighted by atomic mass is 79.9. The van der Waals surface area contributed by atoms with Crippen LogP contribution in [-0.4, -0.2) is 65.4 Å². The second kappa shape index (κ2) is 23.2. The maximum atomic E-state index is 12.2. The first-order valence-corrected chi connectivity index (χ1v) is 31.5. The van der Waals surface area contributed by atoms with Crippen LogP contribution in [0.4, 0.5) is 0 Å². The van der Waals surface area contributed by atoms with Crippen LogP contribution in [-0.2, 0) is 33.6 Å². The van der Waals surface area contributed by atoms with Gasteiger partial charge in [-0.1, -0.05) is 194 Å². The Morgan fingerprint density at radius 1 is 0.432 bits per heavy atom. The monoisotopic (exact) mass is 1360 g/mol. The lowest BCUT2D eigenvalue weighted by atomic mass is 9.71. The Morgan fingerprint density at radius 2 is 0.705 bits per heavy atom. The minimum atomic E-state index is -1.56. The number of ether oxygens (including phenoxy) is 3. The van der Waals surface area contributed by atoms with Gasteiger partial charge in [-0.25, -0.2) is 0 Å². The molecule has 0 unspecified atom stereocenters. The highest BCUT2D eigenvalue weighted by molar-refractivity contribution is 9.10. The molecule has 0 bridgehead atoms. The summed E-state index contributed by atoms with van der Waals surface area (Å²) in [6.45, 7) is -0.568. The Bertz CT molecular complexity index is 3940. The lowest BCUT2D eigenvalue weighted by Crippen LogP contribution is -2.51. The molecule has 0 saturated heterocycles. The molecule has 3 aliphatic heterocycles. The lowest BCUT2D eigenvalue weighted by Gasteiger charge is -2.41. The van der Waals surface area contributed by atoms with E-state index in [1.54, 1.807) is 30.3 Å². The van der Waals surface area contributed by atoms with E-state index in [9.17, 15) is 35.9 Å². The number of hydrogen-bond acceptors (Lipinski definition) is 13. The first-order valence-electron chi connectivity index (χ1n) is 28.8. The quantitative estimate of drug-likeness (QED) is 0.0795. The van der Waals surface area contributed by atoms with Crippen molar-refractivity contribution >= 4 is 66.7 Å². The van der Waals surface area contributed by atoms with E-state index in [0.717, 1.165) is 42.3 Å². The molecular formula is C70H57Br2Cl3N4O9. The molecule has 15 rings (SSSR count). The molecule has 13 nitrogen and oxygen atoms in total. The van der Waals surface area contributed by atoms with Gasteiger partial charge >= 0.3 is 0 Å². The first-order chi connectivity index (χ1) is 42.5. The number of fused-ring (bicyclic) bond motifs is 9. The minimum Gasteiger partial charge on any atom is -0.476 e. The topological polar surface area (TPSA) is 212 Å². The number of aliphatic hydroxyl groups excluding tert-OH is 3. The van der Waals surface area contributed by atoms with Crippen LogP contribution in [0.15, 0.2) is 210 Å². The fourth-order valence-electron chi connectivity index (χ4n) is 15.4. The van der Waals surface area contributed by atoms with E-state index in [0.29, 0.717) is 74.2 Å². The average Bonchev–Trinajstić information content (AvgIpc) is 1.53. The number of aromatic nitrogens is 3. The van der Waals surface area contributed by atoms with Crippen molar-refractivity contribution in [3.05, 3.63) is 281 Å². The molecule has 0 radical (unpaired) electrons. The van der Waals surface area contributed by atoms with E-state index in [1.165, 1.54) is 18.6 Å². The van der Waals surface area contributed by atoms with E-state index < -0.39 is 51.4 Å². The van der Waals surface area contributed by atoms with Crippen molar-refractivity contribution in [3.63, 3.8) is 0 Å². The van der Waals surface area contributed by atoms with Gasteiger partial charge in [0.15, 0.2) is 33.6 Å². The van der Waals surface area contributed by atoms with Gasteiger partial charge in [-0.15, -0.1) is 0 Å². The number of pyridine rings is 3. The molecule has 0 spiro atoms. The summed E-state index contributed by atoms with van der Waals surface area (Å²) in [5.74, 6) is -0.648. The van der Waals surface area contributed by atoms with Crippen molar-refractivity contribution in [2.75, 3.05) is 19.8 Å². The van der Waals surface area contributed by atoms with Gasteiger partial charge in [0, 0.05) is 101 Å². The van der Waals surface area contributed by atoms with Crippen LogP contribution in [0.5, 0.6) is 17.2 Å². The van der Waals surface area contributed by atoms with Crippen LogP contribution >= 0.6 is 66.7 Å². The second-order valence-electron chi connectivity index (χ2n) is 23.3. The molecule has 6 aromatic carbocycles. The normalized spacial score (nSPS) is 29.6. The first kappa shape index (κ1) is 60.2. The predicted molar refractivity (Wildman–Crippen MR) is 339 cm³/mol. The van der Waals surface area contributed by atoms with Gasteiger partial charge in [-0.05, 0) is 89.0 Å². The molecule has 3 fully saturated rings. The number of rotatable bonds is 9. The molecule has 18 heteroatoms. The minimum absolute atomic E-state index is 0.175. The molecule has 9 aromatic rings. The van der Waals surface area contributed by atoms with Crippen LogP contribution in [0.1, 0.15) is 93.0 Å². The van der Waals surface area contributed by atoms with Crippen molar-refractivity contribution in [1.29, 1.82) is 5.26 Å². The molecule has 446 valence electrons. The summed E-state index contributed by atoms with van der Waals surface area (Å²) >= 11 is 25.5. The summed E-state index contributed by atoms with van der Waals surface area (Å²) < 4.78 is 21.7. The Labute approximate surface area is 540 Å². The molecule has 6 heterocycles. The van der Waals surface area contributed by atoms with E-state index >= 15 is 0 Å². The van der Waals surface area contributed by atoms with Crippen LogP contribution in [0, 0.1) is 29.1 Å². The summed E-state index contributed by atoms with van der Waals surface area (Å²) in [5, 5.41) is 78.0. The van der Waals surface area contributed by atoms with Gasteiger partial charge in [-0.3, -0.25) is 15.0 Å². The molecule has 88 heavy (non-hydrogen) atoms. The second-order valence-corrected chi connectivity index (χ2v) is 26.4. The van der Waals surface area contributed by atoms with Crippen molar-refractivity contribution in [1.82, 2.24) is 15.0 Å². The van der Waals surface area contributed by atoms with Gasteiger partial charge in [0.2, 0.25) is 0 Å². The van der Waals surface area contributed by atoms with E-state index in [1.807, 2.05) is 152 Å². The third-order valence-corrected chi connectivity index (χ3v) is 20.8. The summed E-state index contributed by atoms with van der Waals surface area (Å²) in [6.07, 6.45) is 6.17. The number of aliphatic hydroxyl groups is 6. The molecule has 12 atom stereocenters. The fourth-order valence-corrected chi connectivity index (χ4v) is 16.4. The van der Waals surface area contributed by atoms with Gasteiger partial charge in [-0.2, -0.15) is 5.26 Å². The summed E-state index contributed by atoms with van der Waals surface area (Å²) in [5.41, 5.74) is -0.750. The van der Waals surface area contributed by atoms with Crippen LogP contribution < -0.4 is 14.2 Å². The standard InChI is InChI=1S/C24H19ClN2O3.2C23H19BrClNO3/c25-19-11-21-22(27-13-19)23(29)18(14-28)10-20(16-4-2-1-3-5-16)24(23,30-21)17-8-6-15(12-26)7-9-17;2*24-17-8-6-15(7-9-17)23-19(14-4-2-1-3-5-14)10-16(13-27)22(23,28)21-20(29-23)11-18(25)12-26-21/h1-9,11,13,18,20,28-29H,10,14H2;2*1-9,11-12,16,19,27-28H,10,13H2/t18-,20-,23+,24-;2*16-,19-,22+,23-/m000/s1. The van der Waals surface area contributed by atoms with Crippen LogP contribution in [0.3, 0.4) is 0 Å². The largest absolute Gasteiger partial charge is 0.476 e. The van der Waals surface area contributed by atoms with Crippen LogP contribution in [0.25, 0.3) is 0 Å². The van der Waals surface area contributed by atoms with Crippen molar-refractivity contribution in [2.45, 2.75) is 70.6 Å². The zero-order valence-electron chi connectivity index (χ0n) is 46.8. The summed E-state index contributed by atoms with van der Waals surface area (Å²) in [6, 6.07) is 59.6. The highest BCUT2D eigenvalue weighted by Crippen LogP contribution is 2.71. The number of hydrogen-bond donors (Lipinski definition) is 6. The van der Waals surface area contributed by atoms with E-state index in [4.69, 9.17) is 49.0 Å². The number of halogens is 5. The number of nitrogens with zero attached hydrogens (tertiary/aromatic N) is 4. The number of nitriles is 1. The maximum Gasteiger partial charge on any atom is 0.175 e. The predicted octanol–water partition coefficient (Wildman–Crippen LogP) is 13.4. The molecule has 6 aliphatic rings.